The second-order valence-electron chi connectivity index (χ2n) is 2.89. The summed E-state index contributed by atoms with van der Waals surface area (Å²) in [6.07, 6.45) is 3.75. The van der Waals surface area contributed by atoms with E-state index in [1.54, 1.807) is 11.6 Å². The second kappa shape index (κ2) is 3.74. The van der Waals surface area contributed by atoms with Crippen LogP contribution in [0, 0.1) is 0 Å². The first-order valence-corrected chi connectivity index (χ1v) is 5.05. The molecular formula is C9H7N3O2S. The fourth-order valence-corrected chi connectivity index (χ4v) is 1.66. The van der Waals surface area contributed by atoms with Crippen molar-refractivity contribution in [1.82, 2.24) is 14.8 Å². The van der Waals surface area contributed by atoms with E-state index in [4.69, 9.17) is 0 Å². The molecule has 0 N–H and O–H groups in total. The number of rotatable bonds is 3. The molecule has 0 aliphatic rings. The largest absolute Gasteiger partial charge is 0.295 e. The monoisotopic (exact) mass is 221 g/mol. The molecule has 2 rings (SSSR count). The van der Waals surface area contributed by atoms with Crippen molar-refractivity contribution >= 4 is 23.4 Å². The van der Waals surface area contributed by atoms with Gasteiger partial charge in [0.1, 0.15) is 0 Å². The van der Waals surface area contributed by atoms with Gasteiger partial charge in [-0.2, -0.15) is 5.10 Å². The van der Waals surface area contributed by atoms with Gasteiger partial charge in [-0.3, -0.25) is 9.59 Å². The predicted octanol–water partition coefficient (Wildman–Crippen LogP) is 1.34. The minimum Gasteiger partial charge on any atom is -0.295 e. The van der Waals surface area contributed by atoms with Crippen LogP contribution in [0.15, 0.2) is 17.8 Å². The van der Waals surface area contributed by atoms with Crippen LogP contribution in [0.1, 0.15) is 27.1 Å². The number of hydrogen-bond donors (Lipinski definition) is 0. The molecule has 6 heteroatoms. The highest BCUT2D eigenvalue weighted by molar-refractivity contribution is 7.11. The molecule has 0 bridgehead atoms. The first-order chi connectivity index (χ1) is 7.20. The lowest BCUT2D eigenvalue weighted by Gasteiger charge is -1.91. The van der Waals surface area contributed by atoms with Crippen molar-refractivity contribution in [3.63, 3.8) is 0 Å². The fourth-order valence-electron chi connectivity index (χ4n) is 1.07. The summed E-state index contributed by atoms with van der Waals surface area (Å²) in [6.45, 7) is 1.47. The smallest absolute Gasteiger partial charge is 0.178 e. The Hall–Kier alpha value is -1.82. The van der Waals surface area contributed by atoms with Gasteiger partial charge in [0.25, 0.3) is 0 Å². The quantitative estimate of drug-likeness (QED) is 0.579. The fraction of sp³-hybridized carbons (Fsp3) is 0.111. The zero-order valence-electron chi connectivity index (χ0n) is 7.88. The van der Waals surface area contributed by atoms with Gasteiger partial charge in [-0.15, -0.1) is 11.3 Å². The SMILES string of the molecule is CC(=O)c1cnn(-c2csc(C=O)n2)c1. The topological polar surface area (TPSA) is 64.8 Å². The van der Waals surface area contributed by atoms with Crippen LogP contribution < -0.4 is 0 Å². The Morgan fingerprint density at radius 2 is 2.40 bits per heavy atom. The zero-order valence-corrected chi connectivity index (χ0v) is 8.69. The molecule has 76 valence electrons. The molecule has 5 nitrogen and oxygen atoms in total. The molecule has 0 spiro atoms. The third kappa shape index (κ3) is 1.84. The number of ketones is 1. The van der Waals surface area contributed by atoms with Gasteiger partial charge >= 0.3 is 0 Å². The molecule has 15 heavy (non-hydrogen) atoms. The number of Topliss-reactive ketones (excluding diaryl/α,β-unsaturated/α-hetero) is 1. The van der Waals surface area contributed by atoms with E-state index >= 15 is 0 Å². The van der Waals surface area contributed by atoms with Gasteiger partial charge < -0.3 is 0 Å². The summed E-state index contributed by atoms with van der Waals surface area (Å²) in [5, 5.41) is 6.08. The standard InChI is InChI=1S/C9H7N3O2S/c1-6(14)7-2-10-12(3-7)8-5-15-9(4-13)11-8/h2-5H,1H3. The Kier molecular flexibility index (Phi) is 2.42. The number of hydrogen-bond acceptors (Lipinski definition) is 5. The summed E-state index contributed by atoms with van der Waals surface area (Å²) < 4.78 is 1.47. The van der Waals surface area contributed by atoms with Crippen LogP contribution in [0.4, 0.5) is 0 Å². The van der Waals surface area contributed by atoms with Crippen molar-refractivity contribution in [2.24, 2.45) is 0 Å². The van der Waals surface area contributed by atoms with Crippen molar-refractivity contribution in [2.45, 2.75) is 6.92 Å². The highest BCUT2D eigenvalue weighted by Crippen LogP contribution is 2.12. The van der Waals surface area contributed by atoms with Crippen molar-refractivity contribution in [3.05, 3.63) is 28.3 Å². The molecule has 0 aromatic carbocycles. The number of aromatic nitrogens is 3. The van der Waals surface area contributed by atoms with Crippen LogP contribution in [0.25, 0.3) is 5.82 Å². The number of aldehydes is 1. The molecule has 0 aliphatic carbocycles. The summed E-state index contributed by atoms with van der Waals surface area (Å²) >= 11 is 1.24. The lowest BCUT2D eigenvalue weighted by Crippen LogP contribution is -1.95. The predicted molar refractivity (Wildman–Crippen MR) is 54.6 cm³/mol. The first-order valence-electron chi connectivity index (χ1n) is 4.17. The first kappa shape index (κ1) is 9.72. The molecule has 2 aromatic heterocycles. The maximum absolute atomic E-state index is 11.0. The molecule has 0 amide bonds. The lowest BCUT2D eigenvalue weighted by atomic mass is 10.3. The van der Waals surface area contributed by atoms with E-state index in [2.05, 4.69) is 10.1 Å². The molecule has 2 aromatic rings. The van der Waals surface area contributed by atoms with E-state index < -0.39 is 0 Å². The van der Waals surface area contributed by atoms with E-state index in [1.165, 1.54) is 29.1 Å². The molecule has 0 radical (unpaired) electrons. The van der Waals surface area contributed by atoms with Crippen molar-refractivity contribution < 1.29 is 9.59 Å². The molecule has 0 saturated carbocycles. The summed E-state index contributed by atoms with van der Waals surface area (Å²) in [4.78, 5) is 25.5. The Bertz CT molecular complexity index is 515. The minimum atomic E-state index is -0.0490. The molecule has 2 heterocycles. The summed E-state index contributed by atoms with van der Waals surface area (Å²) in [5.74, 6) is 0.502. The number of thiazole rings is 1. The molecule has 0 fully saturated rings. The van der Waals surface area contributed by atoms with Crippen LogP contribution in [-0.4, -0.2) is 26.8 Å². The average Bonchev–Trinajstić information content (AvgIpc) is 2.86. The average molecular weight is 221 g/mol. The Labute approximate surface area is 89.4 Å². The second-order valence-corrected chi connectivity index (χ2v) is 3.78. The van der Waals surface area contributed by atoms with E-state index in [-0.39, 0.29) is 5.78 Å². The maximum atomic E-state index is 11.0. The summed E-state index contributed by atoms with van der Waals surface area (Å²) in [7, 11) is 0. The molecule has 0 aliphatic heterocycles. The molecule has 0 unspecified atom stereocenters. The van der Waals surface area contributed by atoms with E-state index in [0.717, 1.165) is 0 Å². The van der Waals surface area contributed by atoms with Crippen LogP contribution in [0.2, 0.25) is 0 Å². The normalized spacial score (nSPS) is 10.2. The van der Waals surface area contributed by atoms with Crippen LogP contribution >= 0.6 is 11.3 Å². The van der Waals surface area contributed by atoms with E-state index in [9.17, 15) is 9.59 Å². The number of carbonyl (C=O) groups excluding carboxylic acids is 2. The zero-order chi connectivity index (χ0) is 10.8. The molecule has 0 atom stereocenters. The van der Waals surface area contributed by atoms with Crippen molar-refractivity contribution in [2.75, 3.05) is 0 Å². The third-order valence-corrected chi connectivity index (χ3v) is 2.59. The van der Waals surface area contributed by atoms with Crippen molar-refractivity contribution in [3.8, 4) is 5.82 Å². The lowest BCUT2D eigenvalue weighted by molar-refractivity contribution is 0.101. The van der Waals surface area contributed by atoms with Crippen molar-refractivity contribution in [1.29, 1.82) is 0 Å². The van der Waals surface area contributed by atoms with Gasteiger partial charge in [-0.1, -0.05) is 0 Å². The van der Waals surface area contributed by atoms with E-state index in [0.29, 0.717) is 22.7 Å². The minimum absolute atomic E-state index is 0.0490. The van der Waals surface area contributed by atoms with Gasteiger partial charge in [0.15, 0.2) is 22.9 Å². The Morgan fingerprint density at radius 3 is 2.93 bits per heavy atom. The van der Waals surface area contributed by atoms with Gasteiger partial charge in [0.05, 0.1) is 11.8 Å². The van der Waals surface area contributed by atoms with Crippen LogP contribution in [0.3, 0.4) is 0 Å². The van der Waals surface area contributed by atoms with Crippen LogP contribution in [0.5, 0.6) is 0 Å². The molecule has 0 saturated heterocycles. The van der Waals surface area contributed by atoms with Crippen LogP contribution in [-0.2, 0) is 0 Å². The molecular weight excluding hydrogens is 214 g/mol. The highest BCUT2D eigenvalue weighted by Gasteiger charge is 2.07. The Morgan fingerprint density at radius 1 is 1.60 bits per heavy atom. The highest BCUT2D eigenvalue weighted by atomic mass is 32.1. The summed E-state index contributed by atoms with van der Waals surface area (Å²) in [5.41, 5.74) is 0.524. The maximum Gasteiger partial charge on any atom is 0.178 e. The summed E-state index contributed by atoms with van der Waals surface area (Å²) in [6, 6.07) is 0. The van der Waals surface area contributed by atoms with Gasteiger partial charge in [0, 0.05) is 11.6 Å². The van der Waals surface area contributed by atoms with Gasteiger partial charge in [0.2, 0.25) is 0 Å². The third-order valence-electron chi connectivity index (χ3n) is 1.83. The number of carbonyl (C=O) groups is 2. The van der Waals surface area contributed by atoms with E-state index in [1.807, 2.05) is 0 Å². The van der Waals surface area contributed by atoms with Gasteiger partial charge in [-0.05, 0) is 6.92 Å². The van der Waals surface area contributed by atoms with Gasteiger partial charge in [-0.25, -0.2) is 9.67 Å². The number of nitrogens with zero attached hydrogens (tertiary/aromatic N) is 3. The Balaban J connectivity index is 2.36.